The average Bonchev–Trinajstić information content (AvgIpc) is 3.14. The van der Waals surface area contributed by atoms with Crippen molar-refractivity contribution in [3.63, 3.8) is 0 Å². The molecule has 0 radical (unpaired) electrons. The molecule has 18 nitrogen and oxygen atoms in total. The molecule has 10 atom stereocenters. The Bertz CT molecular complexity index is 3560. The molecule has 6 aromatic rings. The number of nitrogens with zero attached hydrogens (tertiary/aromatic N) is 6. The highest BCUT2D eigenvalue weighted by molar-refractivity contribution is 6.00. The maximum atomic E-state index is 14.9. The molecule has 6 amide bonds. The highest BCUT2D eigenvalue weighted by Crippen LogP contribution is 2.41. The minimum atomic E-state index is -0.851. The van der Waals surface area contributed by atoms with Crippen LogP contribution in [-0.2, 0) is 14.4 Å². The Morgan fingerprint density at radius 2 is 1.04 bits per heavy atom. The van der Waals surface area contributed by atoms with Crippen molar-refractivity contribution in [2.45, 2.75) is 155 Å². The molecule has 3 saturated heterocycles. The summed E-state index contributed by atoms with van der Waals surface area (Å²) in [7, 11) is 0. The fourth-order valence-corrected chi connectivity index (χ4v) is 14.4. The van der Waals surface area contributed by atoms with E-state index in [9.17, 15) is 41.9 Å². The van der Waals surface area contributed by atoms with E-state index in [1.54, 1.807) is 51.1 Å². The molecule has 470 valence electrons. The zero-order valence-electron chi connectivity index (χ0n) is 51.0. The Kier molecular flexibility index (Phi) is 19.0. The molecule has 2 saturated carbocycles. The van der Waals surface area contributed by atoms with Crippen LogP contribution in [0.4, 0.5) is 13.2 Å². The predicted molar refractivity (Wildman–Crippen MR) is 323 cm³/mol. The first kappa shape index (κ1) is 62.3. The van der Waals surface area contributed by atoms with E-state index in [1.807, 2.05) is 20.8 Å². The largest absolute Gasteiger partial charge is 0.355 e. The van der Waals surface area contributed by atoms with E-state index in [2.05, 4.69) is 45.3 Å². The molecule has 21 heteroatoms. The number of nitrogens with one attached hydrogen (secondary N) is 3. The molecule has 5 aliphatic rings. The molecule has 6 heterocycles. The number of benzene rings is 3. The molecule has 2 aliphatic carbocycles. The van der Waals surface area contributed by atoms with Gasteiger partial charge >= 0.3 is 0 Å². The van der Waals surface area contributed by atoms with Gasteiger partial charge in [-0.15, -0.1) is 0 Å². The first-order valence-corrected chi connectivity index (χ1v) is 31.6. The zero-order chi connectivity index (χ0) is 62.6. The second kappa shape index (κ2) is 27.2. The van der Waals surface area contributed by atoms with Crippen molar-refractivity contribution in [3.8, 4) is 34.0 Å². The highest BCUT2D eigenvalue weighted by Gasteiger charge is 2.45. The van der Waals surface area contributed by atoms with Crippen molar-refractivity contribution in [2.24, 2.45) is 35.5 Å². The van der Waals surface area contributed by atoms with Gasteiger partial charge in [0.15, 0.2) is 34.4 Å². The van der Waals surface area contributed by atoms with Gasteiger partial charge in [-0.1, -0.05) is 62.9 Å². The normalized spacial score (nSPS) is 24.8. The monoisotopic (exact) mass is 1220 g/mol. The SMILES string of the molecule is CCC[C@H]1CN(C(=O)c2cc(-c3ccc(F)cc3)on2)[C@@H](CC(C)CC2CCC/C(=C3\CN(C(=O)c4cc(-c5ccc(F)cc5)on4)[C@@H](CC(C)CC4CCC([C@H]5CN(C(=O)c6cc(-c7ccc(F)cc7)on6)[C@@H](CC(C)C)C(=O)N5)C4)C(=O)N3)C2)C(=O)N1. The molecule has 11 rings (SSSR count). The van der Waals surface area contributed by atoms with E-state index in [-0.39, 0.29) is 94.7 Å². The Labute approximate surface area is 515 Å². The van der Waals surface area contributed by atoms with Crippen molar-refractivity contribution in [2.75, 3.05) is 19.6 Å². The van der Waals surface area contributed by atoms with Gasteiger partial charge in [0.2, 0.25) is 17.7 Å². The first-order chi connectivity index (χ1) is 42.8. The van der Waals surface area contributed by atoms with Gasteiger partial charge < -0.3 is 44.2 Å². The van der Waals surface area contributed by atoms with E-state index in [0.717, 1.165) is 63.4 Å². The number of aromatic nitrogens is 3. The summed E-state index contributed by atoms with van der Waals surface area (Å²) >= 11 is 0. The number of allylic oxidation sites excluding steroid dienone is 1. The van der Waals surface area contributed by atoms with Crippen LogP contribution < -0.4 is 16.0 Å². The molecule has 5 fully saturated rings. The van der Waals surface area contributed by atoms with Gasteiger partial charge in [0.25, 0.3) is 17.7 Å². The molecular weight excluding hydrogens is 1140 g/mol. The van der Waals surface area contributed by atoms with Gasteiger partial charge in [-0.2, -0.15) is 0 Å². The molecule has 89 heavy (non-hydrogen) atoms. The number of hydrogen-bond acceptors (Lipinski definition) is 12. The van der Waals surface area contributed by atoms with Crippen molar-refractivity contribution in [3.05, 3.63) is 137 Å². The third-order valence-electron chi connectivity index (χ3n) is 18.7. The minimum absolute atomic E-state index is 0.00478. The first-order valence-electron chi connectivity index (χ1n) is 31.6. The molecule has 3 N–H and O–H groups in total. The number of amides is 6. The van der Waals surface area contributed by atoms with Crippen molar-refractivity contribution in [1.82, 2.24) is 46.1 Å². The maximum absolute atomic E-state index is 14.9. The lowest BCUT2D eigenvalue weighted by atomic mass is 9.78. The zero-order valence-corrected chi connectivity index (χ0v) is 51.0. The summed E-state index contributed by atoms with van der Waals surface area (Å²) in [4.78, 5) is 90.9. The number of carbonyl (C=O) groups excluding carboxylic acids is 6. The van der Waals surface area contributed by atoms with Crippen molar-refractivity contribution < 1.29 is 55.5 Å². The van der Waals surface area contributed by atoms with Gasteiger partial charge in [0.1, 0.15) is 35.6 Å². The molecule has 3 aromatic carbocycles. The summed E-state index contributed by atoms with van der Waals surface area (Å²) < 4.78 is 58.1. The number of halogens is 3. The van der Waals surface area contributed by atoms with Gasteiger partial charge in [-0.05, 0) is 191 Å². The van der Waals surface area contributed by atoms with E-state index in [1.165, 1.54) is 54.6 Å². The Balaban J connectivity index is 0.761. The maximum Gasteiger partial charge on any atom is 0.277 e. The van der Waals surface area contributed by atoms with Gasteiger partial charge in [-0.25, -0.2) is 13.2 Å². The fraction of sp³-hybridized carbons (Fsp3) is 0.485. The van der Waals surface area contributed by atoms with Crippen LogP contribution in [0.15, 0.2) is 116 Å². The Hall–Kier alpha value is -8.36. The van der Waals surface area contributed by atoms with Crippen LogP contribution in [0.2, 0.25) is 0 Å². The lowest BCUT2D eigenvalue weighted by molar-refractivity contribution is -0.131. The third kappa shape index (κ3) is 14.4. The van der Waals surface area contributed by atoms with E-state index in [0.29, 0.717) is 79.1 Å². The molecule has 5 unspecified atom stereocenters. The summed E-state index contributed by atoms with van der Waals surface area (Å²) in [6.07, 6.45) is 9.88. The molecule has 0 spiro atoms. The average molecular weight is 1220 g/mol. The number of rotatable bonds is 19. The van der Waals surface area contributed by atoms with Gasteiger partial charge in [0, 0.05) is 65.8 Å². The summed E-state index contributed by atoms with van der Waals surface area (Å²) in [6, 6.07) is 18.8. The van der Waals surface area contributed by atoms with Crippen LogP contribution in [0.1, 0.15) is 156 Å². The van der Waals surface area contributed by atoms with Gasteiger partial charge in [0.05, 0.1) is 6.54 Å². The quantitative estimate of drug-likeness (QED) is 0.0688. The summed E-state index contributed by atoms with van der Waals surface area (Å²) in [5, 5.41) is 22.1. The van der Waals surface area contributed by atoms with E-state index >= 15 is 0 Å². The standard InChI is InChI=1S/C68H78F3N9O9/c1-6-8-51-35-78(66(84)52-32-60(87-75-52)43-13-19-48(69)20-14-43)58(63(81)72-51)28-39(4)26-41-9-7-10-46(30-41)55-36-80(68(86)54-34-62(89-77-54)45-17-23-50(71)24-18-45)59(65(83)73-55)29-40(5)27-42-11-12-47(31-42)56-37-79(57(25-38(2)3)64(82)74-56)67(85)53-33-61(88-76-53)44-15-21-49(70)22-16-44/h13-24,32-34,38-42,47,51,56-59H,6-12,25-31,35-37H2,1-5H3,(H,72,81)(H,73,83)(H,74,82)/b55-46-/t39?,40?,41?,42?,47?,51-,56+,57-,58-,59-/m0/s1. The number of hydrogen-bond donors (Lipinski definition) is 3. The van der Waals surface area contributed by atoms with Crippen LogP contribution in [-0.4, -0.2) is 115 Å². The number of piperazine rings is 3. The van der Waals surface area contributed by atoms with Crippen LogP contribution >= 0.6 is 0 Å². The lowest BCUT2D eigenvalue weighted by Crippen LogP contribution is -2.63. The smallest absolute Gasteiger partial charge is 0.277 e. The molecule has 3 aliphatic heterocycles. The van der Waals surface area contributed by atoms with E-state index < -0.39 is 53.3 Å². The molecular formula is C68H78F3N9O9. The fourth-order valence-electron chi connectivity index (χ4n) is 14.4. The summed E-state index contributed by atoms with van der Waals surface area (Å²) in [6.45, 7) is 11.0. The topological polar surface area (TPSA) is 226 Å². The van der Waals surface area contributed by atoms with Crippen molar-refractivity contribution >= 4 is 35.4 Å². The van der Waals surface area contributed by atoms with E-state index in [4.69, 9.17) is 13.6 Å². The number of carbonyl (C=O) groups is 6. The van der Waals surface area contributed by atoms with Crippen LogP contribution in [0.25, 0.3) is 34.0 Å². The predicted octanol–water partition coefficient (Wildman–Crippen LogP) is 11.6. The molecule has 0 bridgehead atoms. The van der Waals surface area contributed by atoms with Crippen LogP contribution in [0, 0.1) is 53.0 Å². The van der Waals surface area contributed by atoms with Crippen molar-refractivity contribution in [1.29, 1.82) is 0 Å². The summed E-state index contributed by atoms with van der Waals surface area (Å²) in [5.41, 5.74) is 3.53. The second-order valence-corrected chi connectivity index (χ2v) is 26.0. The second-order valence-electron chi connectivity index (χ2n) is 26.0. The lowest BCUT2D eigenvalue weighted by Gasteiger charge is -2.42. The third-order valence-corrected chi connectivity index (χ3v) is 18.7. The Morgan fingerprint density at radius 1 is 0.573 bits per heavy atom. The highest BCUT2D eigenvalue weighted by atomic mass is 19.1. The molecule has 3 aromatic heterocycles. The van der Waals surface area contributed by atoms with Gasteiger partial charge in [-0.3, -0.25) is 28.8 Å². The summed E-state index contributed by atoms with van der Waals surface area (Å²) in [5.74, 6) is -1.76. The minimum Gasteiger partial charge on any atom is -0.355 e. The Morgan fingerprint density at radius 3 is 1.56 bits per heavy atom. The van der Waals surface area contributed by atoms with Crippen LogP contribution in [0.5, 0.6) is 0 Å². The van der Waals surface area contributed by atoms with Crippen LogP contribution in [0.3, 0.4) is 0 Å².